The molecule has 0 spiro atoms. The molecule has 2 heterocycles. The van der Waals surface area contributed by atoms with Gasteiger partial charge in [-0.25, -0.2) is 14.6 Å². The number of aliphatic hydroxyl groups is 1. The van der Waals surface area contributed by atoms with Crippen molar-refractivity contribution < 1.29 is 9.90 Å². The van der Waals surface area contributed by atoms with Crippen molar-refractivity contribution in [1.29, 1.82) is 0 Å². The third-order valence-corrected chi connectivity index (χ3v) is 4.31. The van der Waals surface area contributed by atoms with Gasteiger partial charge in [0.1, 0.15) is 6.33 Å². The largest absolute Gasteiger partial charge is 0.378 e. The average molecular weight is 374 g/mol. The quantitative estimate of drug-likeness (QED) is 0.463. The fraction of sp³-hybridized carbons (Fsp3) is 0.100. The van der Waals surface area contributed by atoms with Crippen molar-refractivity contribution in [1.82, 2.24) is 25.2 Å². The number of hydrogen-bond donors (Lipinski definition) is 3. The van der Waals surface area contributed by atoms with Crippen LogP contribution in [-0.2, 0) is 4.79 Å². The topological polar surface area (TPSA) is 105 Å². The number of nitrogens with one attached hydrogen (secondary N) is 2. The second-order valence-corrected chi connectivity index (χ2v) is 6.28. The van der Waals surface area contributed by atoms with E-state index in [0.29, 0.717) is 22.4 Å². The number of hydrogen-bond acceptors (Lipinski definition) is 6. The molecular formula is C20H18N6O2. The van der Waals surface area contributed by atoms with Crippen LogP contribution in [0.25, 0.3) is 16.7 Å². The number of aliphatic hydroxyl groups excluding tert-OH is 1. The highest BCUT2D eigenvalue weighted by Gasteiger charge is 2.18. The summed E-state index contributed by atoms with van der Waals surface area (Å²) in [5.74, 6) is -0.208. The lowest BCUT2D eigenvalue weighted by atomic mass is 10.1. The van der Waals surface area contributed by atoms with E-state index in [1.807, 2.05) is 37.3 Å². The monoisotopic (exact) mass is 374 g/mol. The van der Waals surface area contributed by atoms with E-state index in [1.165, 1.54) is 6.33 Å². The van der Waals surface area contributed by atoms with Gasteiger partial charge in [-0.3, -0.25) is 15.6 Å². The molecule has 1 atom stereocenters. The number of carbonyl (C=O) groups excluding carboxylic acids is 1. The fourth-order valence-corrected chi connectivity index (χ4v) is 2.79. The van der Waals surface area contributed by atoms with Gasteiger partial charge in [-0.2, -0.15) is 5.10 Å². The van der Waals surface area contributed by atoms with E-state index in [0.717, 1.165) is 11.3 Å². The molecular weight excluding hydrogens is 356 g/mol. The zero-order chi connectivity index (χ0) is 19.5. The molecule has 0 radical (unpaired) electrons. The zero-order valence-electron chi connectivity index (χ0n) is 15.1. The maximum atomic E-state index is 12.2. The number of benzene rings is 2. The van der Waals surface area contributed by atoms with Crippen LogP contribution in [0.5, 0.6) is 0 Å². The van der Waals surface area contributed by atoms with Crippen molar-refractivity contribution in [2.24, 2.45) is 0 Å². The number of carbonyl (C=O) groups is 1. The van der Waals surface area contributed by atoms with Gasteiger partial charge < -0.3 is 5.11 Å². The van der Waals surface area contributed by atoms with Crippen LogP contribution in [0.2, 0.25) is 0 Å². The highest BCUT2D eigenvalue weighted by molar-refractivity contribution is 5.89. The van der Waals surface area contributed by atoms with Crippen molar-refractivity contribution in [3.63, 3.8) is 0 Å². The molecule has 0 bridgehead atoms. The number of hydrazine groups is 1. The Balaban J connectivity index is 1.55. The van der Waals surface area contributed by atoms with E-state index in [-0.39, 0.29) is 0 Å². The van der Waals surface area contributed by atoms with E-state index < -0.39 is 12.0 Å². The van der Waals surface area contributed by atoms with Gasteiger partial charge in [0, 0.05) is 0 Å². The second kappa shape index (κ2) is 7.45. The first-order valence-corrected chi connectivity index (χ1v) is 8.68. The summed E-state index contributed by atoms with van der Waals surface area (Å²) in [6.45, 7) is 2.02. The van der Waals surface area contributed by atoms with Crippen molar-refractivity contribution in [3.8, 4) is 5.69 Å². The molecule has 0 aliphatic heterocycles. The van der Waals surface area contributed by atoms with Crippen molar-refractivity contribution >= 4 is 22.8 Å². The molecule has 3 N–H and O–H groups in total. The van der Waals surface area contributed by atoms with E-state index in [4.69, 9.17) is 0 Å². The second-order valence-electron chi connectivity index (χ2n) is 6.28. The lowest BCUT2D eigenvalue weighted by Gasteiger charge is -2.13. The van der Waals surface area contributed by atoms with Gasteiger partial charge >= 0.3 is 0 Å². The molecule has 0 saturated carbocycles. The molecule has 0 saturated heterocycles. The Hall–Kier alpha value is -3.78. The molecule has 8 nitrogen and oxygen atoms in total. The van der Waals surface area contributed by atoms with Crippen molar-refractivity contribution in [3.05, 3.63) is 78.2 Å². The minimum absolute atomic E-state index is 0.386. The number of rotatable bonds is 5. The molecule has 140 valence electrons. The first-order chi connectivity index (χ1) is 13.6. The molecule has 0 aliphatic rings. The van der Waals surface area contributed by atoms with Crippen LogP contribution >= 0.6 is 0 Å². The van der Waals surface area contributed by atoms with Crippen molar-refractivity contribution in [2.45, 2.75) is 13.0 Å². The van der Waals surface area contributed by atoms with Gasteiger partial charge in [0.05, 0.1) is 17.3 Å². The first kappa shape index (κ1) is 17.6. The summed E-state index contributed by atoms with van der Waals surface area (Å²) < 4.78 is 1.70. The normalized spacial score (nSPS) is 11.9. The maximum absolute atomic E-state index is 12.2. The third-order valence-electron chi connectivity index (χ3n) is 4.31. The predicted octanol–water partition coefficient (Wildman–Crippen LogP) is 2.30. The smallest absolute Gasteiger partial charge is 0.271 e. The molecule has 0 fully saturated rings. The lowest BCUT2D eigenvalue weighted by molar-refractivity contribution is -0.129. The summed E-state index contributed by atoms with van der Waals surface area (Å²) in [4.78, 5) is 20.7. The van der Waals surface area contributed by atoms with E-state index in [1.54, 1.807) is 35.1 Å². The standard InChI is InChI=1S/C20H18N6O2/c1-13-7-9-15(10-8-13)26-19-16(11-23-26)18(21-12-22-19)24-25-20(28)17(27)14-5-3-2-4-6-14/h2-12,17,27H,1H3,(H,25,28)(H,21,22,24)/t17-/m0/s1. The van der Waals surface area contributed by atoms with Crippen LogP contribution in [0.3, 0.4) is 0 Å². The highest BCUT2D eigenvalue weighted by atomic mass is 16.3. The van der Waals surface area contributed by atoms with Gasteiger partial charge in [0.2, 0.25) is 0 Å². The predicted molar refractivity (Wildman–Crippen MR) is 105 cm³/mol. The molecule has 4 aromatic rings. The molecule has 4 rings (SSSR count). The Bertz CT molecular complexity index is 1110. The summed E-state index contributed by atoms with van der Waals surface area (Å²) in [5, 5.41) is 15.2. The van der Waals surface area contributed by atoms with Crippen LogP contribution in [0, 0.1) is 6.92 Å². The molecule has 0 unspecified atom stereocenters. The zero-order valence-corrected chi connectivity index (χ0v) is 15.1. The van der Waals surface area contributed by atoms with E-state index >= 15 is 0 Å². The van der Waals surface area contributed by atoms with Gasteiger partial charge in [-0.15, -0.1) is 0 Å². The van der Waals surface area contributed by atoms with Crippen molar-refractivity contribution in [2.75, 3.05) is 5.43 Å². The minimum atomic E-state index is -1.29. The summed E-state index contributed by atoms with van der Waals surface area (Å²) in [6, 6.07) is 16.6. The first-order valence-electron chi connectivity index (χ1n) is 8.68. The van der Waals surface area contributed by atoms with Crippen LogP contribution in [-0.4, -0.2) is 30.8 Å². The van der Waals surface area contributed by atoms with Gasteiger partial charge in [0.25, 0.3) is 5.91 Å². The SMILES string of the molecule is Cc1ccc(-n2ncc3c(NNC(=O)[C@@H](O)c4ccccc4)ncnc32)cc1. The van der Waals surface area contributed by atoms with E-state index in [9.17, 15) is 9.90 Å². The Labute approximate surface area is 160 Å². The van der Waals surface area contributed by atoms with Gasteiger partial charge in [0.15, 0.2) is 17.6 Å². The van der Waals surface area contributed by atoms with Crippen LogP contribution in [0.15, 0.2) is 67.1 Å². The van der Waals surface area contributed by atoms with Gasteiger partial charge in [-0.05, 0) is 24.6 Å². The fourth-order valence-electron chi connectivity index (χ4n) is 2.79. The minimum Gasteiger partial charge on any atom is -0.378 e. The summed E-state index contributed by atoms with van der Waals surface area (Å²) in [5.41, 5.74) is 8.34. The summed E-state index contributed by atoms with van der Waals surface area (Å²) in [6.07, 6.45) is 1.72. The number of aromatic nitrogens is 4. The average Bonchev–Trinajstić information content (AvgIpc) is 3.17. The number of aryl methyl sites for hydroxylation is 1. The molecule has 28 heavy (non-hydrogen) atoms. The van der Waals surface area contributed by atoms with Crippen LogP contribution < -0.4 is 10.9 Å². The summed E-state index contributed by atoms with van der Waals surface area (Å²) >= 11 is 0. The molecule has 0 aliphatic carbocycles. The van der Waals surface area contributed by atoms with Crippen LogP contribution in [0.1, 0.15) is 17.2 Å². The summed E-state index contributed by atoms with van der Waals surface area (Å²) in [7, 11) is 0. The molecule has 8 heteroatoms. The van der Waals surface area contributed by atoms with Crippen LogP contribution in [0.4, 0.5) is 5.82 Å². The third kappa shape index (κ3) is 3.40. The molecule has 2 aromatic carbocycles. The van der Waals surface area contributed by atoms with Gasteiger partial charge in [-0.1, -0.05) is 48.0 Å². The van der Waals surface area contributed by atoms with E-state index in [2.05, 4.69) is 25.9 Å². The Kier molecular flexibility index (Phi) is 4.69. The molecule has 2 aromatic heterocycles. The Morgan fingerprint density at radius 2 is 1.82 bits per heavy atom. The Morgan fingerprint density at radius 1 is 1.07 bits per heavy atom. The maximum Gasteiger partial charge on any atom is 0.271 e. The molecule has 1 amide bonds. The number of nitrogens with zero attached hydrogens (tertiary/aromatic N) is 4. The lowest BCUT2D eigenvalue weighted by Crippen LogP contribution is -2.34. The Morgan fingerprint density at radius 3 is 2.57 bits per heavy atom. The number of amides is 1. The number of anilines is 1. The highest BCUT2D eigenvalue weighted by Crippen LogP contribution is 2.21. The number of fused-ring (bicyclic) bond motifs is 1.